The van der Waals surface area contributed by atoms with Gasteiger partial charge in [0.25, 0.3) is 0 Å². The van der Waals surface area contributed by atoms with Crippen molar-refractivity contribution in [1.82, 2.24) is 9.88 Å². The molecule has 0 saturated heterocycles. The lowest BCUT2D eigenvalue weighted by Crippen LogP contribution is -3.06. The van der Waals surface area contributed by atoms with Crippen LogP contribution < -0.4 is 16.0 Å². The molecule has 1 aromatic heterocycles. The standard InChI is InChI=1S/C20H23N3O3/c1-22(2)14-16(15-8-4-3-5-9-15)21-19(24)12-13-23-17-10-6-7-11-18(17)26-20(23)25/h3-11,16H,12-14H2,1-2H3,(H,21,24)/p+1/t16-/m1/s1. The molecule has 0 saturated carbocycles. The maximum Gasteiger partial charge on any atom is 0.419 e. The van der Waals surface area contributed by atoms with Gasteiger partial charge < -0.3 is 14.6 Å². The highest BCUT2D eigenvalue weighted by atomic mass is 16.4. The van der Waals surface area contributed by atoms with Gasteiger partial charge in [0.1, 0.15) is 12.6 Å². The monoisotopic (exact) mass is 354 g/mol. The van der Waals surface area contributed by atoms with Crippen molar-refractivity contribution >= 4 is 17.0 Å². The minimum Gasteiger partial charge on any atom is -0.408 e. The van der Waals surface area contributed by atoms with Crippen LogP contribution in [0.2, 0.25) is 0 Å². The van der Waals surface area contributed by atoms with Gasteiger partial charge in [-0.2, -0.15) is 0 Å². The molecule has 6 heteroatoms. The second kappa shape index (κ2) is 8.01. The molecule has 6 nitrogen and oxygen atoms in total. The van der Waals surface area contributed by atoms with Crippen molar-refractivity contribution in [1.29, 1.82) is 0 Å². The topological polar surface area (TPSA) is 68.7 Å². The highest BCUT2D eigenvalue weighted by Crippen LogP contribution is 2.13. The molecule has 1 atom stereocenters. The summed E-state index contributed by atoms with van der Waals surface area (Å²) in [4.78, 5) is 25.7. The lowest BCUT2D eigenvalue weighted by molar-refractivity contribution is -0.860. The molecule has 0 radical (unpaired) electrons. The Labute approximate surface area is 152 Å². The van der Waals surface area contributed by atoms with Gasteiger partial charge in [-0.25, -0.2) is 4.79 Å². The number of benzene rings is 2. The second-order valence-electron chi connectivity index (χ2n) is 6.68. The summed E-state index contributed by atoms with van der Waals surface area (Å²) in [5.74, 6) is -0.520. The van der Waals surface area contributed by atoms with Gasteiger partial charge >= 0.3 is 5.76 Å². The Bertz CT molecular complexity index is 928. The van der Waals surface area contributed by atoms with Crippen LogP contribution in [-0.4, -0.2) is 31.1 Å². The first-order chi connectivity index (χ1) is 12.5. The van der Waals surface area contributed by atoms with Crippen molar-refractivity contribution in [2.24, 2.45) is 0 Å². The van der Waals surface area contributed by atoms with Crippen LogP contribution in [0.3, 0.4) is 0 Å². The Morgan fingerprint density at radius 1 is 1.12 bits per heavy atom. The average Bonchev–Trinajstić information content (AvgIpc) is 2.95. The third-order valence-corrected chi connectivity index (χ3v) is 4.29. The van der Waals surface area contributed by atoms with Crippen LogP contribution in [0.5, 0.6) is 0 Å². The van der Waals surface area contributed by atoms with E-state index in [9.17, 15) is 9.59 Å². The zero-order valence-corrected chi connectivity index (χ0v) is 15.1. The van der Waals surface area contributed by atoms with Gasteiger partial charge in [-0.15, -0.1) is 0 Å². The van der Waals surface area contributed by atoms with E-state index in [0.717, 1.165) is 12.1 Å². The number of rotatable bonds is 7. The van der Waals surface area contributed by atoms with Gasteiger partial charge in [0.15, 0.2) is 5.58 Å². The number of likely N-dealkylation sites (N-methyl/N-ethyl adjacent to an activating group) is 1. The minimum absolute atomic E-state index is 0.0634. The first kappa shape index (κ1) is 17.9. The molecule has 0 aliphatic carbocycles. The van der Waals surface area contributed by atoms with E-state index in [1.807, 2.05) is 48.5 Å². The van der Waals surface area contributed by atoms with Crippen molar-refractivity contribution in [3.05, 3.63) is 70.7 Å². The molecule has 0 fully saturated rings. The molecule has 0 unspecified atom stereocenters. The van der Waals surface area contributed by atoms with Crippen LogP contribution in [0.15, 0.2) is 63.8 Å². The minimum atomic E-state index is -0.434. The molecular weight excluding hydrogens is 330 g/mol. The number of hydrogen-bond donors (Lipinski definition) is 2. The molecule has 2 N–H and O–H groups in total. The summed E-state index contributed by atoms with van der Waals surface area (Å²) in [6.07, 6.45) is 0.218. The average molecular weight is 354 g/mol. The van der Waals surface area contributed by atoms with Crippen LogP contribution in [0.25, 0.3) is 11.1 Å². The Balaban J connectivity index is 1.68. The lowest BCUT2D eigenvalue weighted by Gasteiger charge is -2.21. The number of nitrogens with one attached hydrogen (secondary N) is 2. The SMILES string of the molecule is C[NH+](C)C[C@@H](NC(=O)CCn1c(=O)oc2ccccc21)c1ccccc1. The van der Waals surface area contributed by atoms with Gasteiger partial charge in [-0.3, -0.25) is 9.36 Å². The van der Waals surface area contributed by atoms with Crippen LogP contribution in [0.4, 0.5) is 0 Å². The number of aromatic nitrogens is 1. The van der Waals surface area contributed by atoms with E-state index in [1.165, 1.54) is 9.47 Å². The number of amides is 1. The highest BCUT2D eigenvalue weighted by molar-refractivity contribution is 5.77. The number of carbonyl (C=O) groups excluding carboxylic acids is 1. The van der Waals surface area contributed by atoms with E-state index in [1.54, 1.807) is 6.07 Å². The number of hydrogen-bond acceptors (Lipinski definition) is 3. The quantitative estimate of drug-likeness (QED) is 0.665. The third-order valence-electron chi connectivity index (χ3n) is 4.29. The molecule has 1 amide bonds. The molecule has 0 bridgehead atoms. The number of oxazole rings is 1. The summed E-state index contributed by atoms with van der Waals surface area (Å²) in [6, 6.07) is 17.1. The molecule has 0 aliphatic heterocycles. The van der Waals surface area contributed by atoms with Gasteiger partial charge in [0.2, 0.25) is 5.91 Å². The molecule has 2 aromatic carbocycles. The number of aryl methyl sites for hydroxylation is 1. The smallest absolute Gasteiger partial charge is 0.408 e. The summed E-state index contributed by atoms with van der Waals surface area (Å²) >= 11 is 0. The van der Waals surface area contributed by atoms with E-state index in [0.29, 0.717) is 11.1 Å². The van der Waals surface area contributed by atoms with Crippen molar-refractivity contribution in [2.45, 2.75) is 19.0 Å². The lowest BCUT2D eigenvalue weighted by atomic mass is 10.1. The van der Waals surface area contributed by atoms with E-state index in [2.05, 4.69) is 19.4 Å². The van der Waals surface area contributed by atoms with E-state index < -0.39 is 5.76 Å². The summed E-state index contributed by atoms with van der Waals surface area (Å²) < 4.78 is 6.71. The third kappa shape index (κ3) is 4.21. The normalized spacial score (nSPS) is 12.4. The molecule has 3 rings (SSSR count). The number of quaternary nitrogens is 1. The maximum absolute atomic E-state index is 12.5. The van der Waals surface area contributed by atoms with Gasteiger partial charge in [0.05, 0.1) is 19.6 Å². The molecule has 3 aromatic rings. The molecule has 0 aliphatic rings. The van der Waals surface area contributed by atoms with Crippen molar-refractivity contribution in [2.75, 3.05) is 20.6 Å². The molecule has 26 heavy (non-hydrogen) atoms. The Kier molecular flexibility index (Phi) is 5.53. The predicted molar refractivity (Wildman–Crippen MR) is 100 cm³/mol. The van der Waals surface area contributed by atoms with Crippen LogP contribution in [-0.2, 0) is 11.3 Å². The fourth-order valence-electron chi connectivity index (χ4n) is 3.05. The fraction of sp³-hybridized carbons (Fsp3) is 0.300. The molecule has 0 spiro atoms. The van der Waals surface area contributed by atoms with E-state index in [4.69, 9.17) is 4.42 Å². The summed E-state index contributed by atoms with van der Waals surface area (Å²) in [5, 5.41) is 3.09. The molecule has 136 valence electrons. The van der Waals surface area contributed by atoms with Crippen LogP contribution >= 0.6 is 0 Å². The first-order valence-corrected chi connectivity index (χ1v) is 8.76. The second-order valence-corrected chi connectivity index (χ2v) is 6.68. The van der Waals surface area contributed by atoms with Gasteiger partial charge in [-0.05, 0) is 17.7 Å². The molecular formula is C20H24N3O3+. The Morgan fingerprint density at radius 2 is 1.81 bits per heavy atom. The Morgan fingerprint density at radius 3 is 2.54 bits per heavy atom. The van der Waals surface area contributed by atoms with E-state index >= 15 is 0 Å². The van der Waals surface area contributed by atoms with Crippen molar-refractivity contribution in [3.8, 4) is 0 Å². The number of fused-ring (bicyclic) bond motifs is 1. The predicted octanol–water partition coefficient (Wildman–Crippen LogP) is 0.987. The van der Waals surface area contributed by atoms with Crippen molar-refractivity contribution in [3.63, 3.8) is 0 Å². The van der Waals surface area contributed by atoms with Gasteiger partial charge in [-0.1, -0.05) is 42.5 Å². The van der Waals surface area contributed by atoms with Crippen molar-refractivity contribution < 1.29 is 14.1 Å². The zero-order valence-electron chi connectivity index (χ0n) is 15.1. The summed E-state index contributed by atoms with van der Waals surface area (Å²) in [6.45, 7) is 1.07. The number of carbonyl (C=O) groups is 1. The van der Waals surface area contributed by atoms with Crippen LogP contribution in [0.1, 0.15) is 18.0 Å². The Hall–Kier alpha value is -2.86. The van der Waals surface area contributed by atoms with Gasteiger partial charge in [0, 0.05) is 13.0 Å². The van der Waals surface area contributed by atoms with Crippen LogP contribution in [0, 0.1) is 0 Å². The number of para-hydroxylation sites is 2. The largest absolute Gasteiger partial charge is 0.419 e. The zero-order chi connectivity index (χ0) is 18.5. The fourth-order valence-corrected chi connectivity index (χ4v) is 3.05. The number of nitrogens with zero attached hydrogens (tertiary/aromatic N) is 1. The summed E-state index contributed by atoms with van der Waals surface area (Å²) in [5.41, 5.74) is 2.33. The maximum atomic E-state index is 12.5. The first-order valence-electron chi connectivity index (χ1n) is 8.76. The summed E-state index contributed by atoms with van der Waals surface area (Å²) in [7, 11) is 4.11. The molecule has 1 heterocycles. The highest BCUT2D eigenvalue weighted by Gasteiger charge is 2.18. The van der Waals surface area contributed by atoms with E-state index in [-0.39, 0.29) is 24.9 Å².